The average molecular weight is 2220 g/mol. The number of carboxylic acids is 1. The van der Waals surface area contributed by atoms with E-state index >= 15 is 0 Å². The number of allylic oxidation sites excluding steroid dienone is 3. The van der Waals surface area contributed by atoms with Crippen LogP contribution in [0.3, 0.4) is 0 Å². The van der Waals surface area contributed by atoms with Gasteiger partial charge >= 0.3 is 29.8 Å². The number of aliphatic hydroxyl groups is 1. The van der Waals surface area contributed by atoms with E-state index in [-0.39, 0.29) is 123 Å². The minimum Gasteiger partial charge on any atom is -0.480 e. The summed E-state index contributed by atoms with van der Waals surface area (Å²) >= 11 is 29.0. The van der Waals surface area contributed by atoms with Crippen LogP contribution in [0, 0.1) is 82.0 Å². The predicted octanol–water partition coefficient (Wildman–Crippen LogP) is 12.1. The van der Waals surface area contributed by atoms with E-state index in [0.29, 0.717) is 143 Å². The van der Waals surface area contributed by atoms with Gasteiger partial charge in [-0.2, -0.15) is 0 Å². The highest BCUT2D eigenvalue weighted by atomic mass is 35.5. The second-order valence-corrected chi connectivity index (χ2v) is 46.1. The number of aliphatic imine (C=N–C) groups is 4. The maximum atomic E-state index is 14.7. The van der Waals surface area contributed by atoms with Crippen LogP contribution in [0.25, 0.3) is 0 Å². The number of carbonyl (C=O) groups excluding carboxylic acids is 4. The molecule has 2 aliphatic carbocycles. The summed E-state index contributed by atoms with van der Waals surface area (Å²) < 4.78 is 236. The minimum absolute atomic E-state index is 0.0343. The number of fused-ring (bicyclic) bond motifs is 1. The van der Waals surface area contributed by atoms with Gasteiger partial charge in [-0.3, -0.25) is 24.8 Å². The molecular weight excluding hydrogens is 2130 g/mol. The van der Waals surface area contributed by atoms with Crippen LogP contribution in [-0.4, -0.2) is 234 Å². The van der Waals surface area contributed by atoms with Gasteiger partial charge in [-0.05, 0) is 112 Å². The fourth-order valence-corrected chi connectivity index (χ4v) is 25.6. The summed E-state index contributed by atoms with van der Waals surface area (Å²) in [5, 5.41) is 36.7. The van der Waals surface area contributed by atoms with Crippen LogP contribution >= 0.6 is 80.4 Å². The number of amidine groups is 4. The molecule has 2 saturated carbocycles. The lowest BCUT2D eigenvalue weighted by Gasteiger charge is -2.36. The number of aromatic nitrogens is 4. The Morgan fingerprint density at radius 2 is 0.833 bits per heavy atom. The SMILES string of the molecule is COC(=O)C1=C(C2CCC(NS(C)(=O)=O)CC2)NC(c2ncc(F)cc2F)=N[C@@H]1c1ccc(F)c(F)c1Cl.COC(=O)C1=C(C2CCN(S(=O)(=O)CCO)CC2)NC(c2nccs2)=N[C@@H]1c1ccc(F)c(F)c1Cl.COC(=O)C1=C(C2C[C@@H]3CN(S(C)(=O)=O)C[C@@H]3C2)NC(c2nccs2)=N[C@H]1c1ccc(F)cc1Cl.COC(=O)C1=C([C@@H]2CCN(S(=O)(=O)CC(=O)O)C2)NC(c2nccs2)=N[C@H]1c1ccc(F)cc1Cl. The zero-order chi connectivity index (χ0) is 104. The van der Waals surface area contributed by atoms with Crippen LogP contribution in [0.2, 0.25) is 20.1 Å². The Balaban J connectivity index is 0.000000152. The van der Waals surface area contributed by atoms with Gasteiger partial charge < -0.3 is 50.4 Å². The molecule has 144 heavy (non-hydrogen) atoms. The van der Waals surface area contributed by atoms with Crippen molar-refractivity contribution < 1.29 is 122 Å². The number of carboxylic acid groups (broad SMARTS) is 1. The maximum Gasteiger partial charge on any atom is 0.338 e. The molecule has 35 nitrogen and oxygen atoms in total. The molecule has 0 spiro atoms. The topological polar surface area (TPSA) is 470 Å². The third-order valence-electron chi connectivity index (χ3n) is 25.1. The Morgan fingerprint density at radius 3 is 1.22 bits per heavy atom. The van der Waals surface area contributed by atoms with Crippen molar-refractivity contribution in [2.75, 3.05) is 98.3 Å². The summed E-state index contributed by atoms with van der Waals surface area (Å²) in [5.41, 5.74) is 2.65. The third kappa shape index (κ3) is 24.7. The lowest BCUT2D eigenvalue weighted by atomic mass is 9.80. The molecule has 7 N–H and O–H groups in total. The molecule has 11 heterocycles. The second-order valence-electron chi connectivity index (χ2n) is 34.1. The monoisotopic (exact) mass is 2210 g/mol. The van der Waals surface area contributed by atoms with E-state index in [1.165, 1.54) is 107 Å². The number of ether oxygens (including phenoxy) is 4. The molecule has 3 saturated heterocycles. The molecule has 0 amide bonds. The first-order valence-corrected chi connectivity index (χ1v) is 55.0. The standard InChI is InChI=1S/C24H23ClF4N4O4S.C23H24ClFN4O4S2.C22H23ClF2N4O5S2.C21H20ClFN4O6S2/c1-37-24(34)17-20(11-3-5-13(6-4-11)33-38(2,35)36)31-23(22-16(28)9-12(26)10-30-22)32-21(17)14-7-8-15(27)19(29)18(14)25;1-33-23(30)18-19(12-7-13-10-29(35(2,31)32)11-14(13)8-12)27-21(22-26-5-6-34-22)28-20(18)16-4-3-15(25)9-17(16)24;1-34-22(31)15-18(12-4-7-29(8-5-12)36(32,33)11-9-30)27-20(21-26-6-10-35-21)28-19(15)13-2-3-14(24)17(25)16(13)23;1-33-21(30)16-17(11-4-6-27(9-11)35(31,32)10-15(28)29)25-19(20-24-5-7-34-20)26-18(16)13-3-2-12(23)8-14(13)22/h7-11,13,21,33H,3-6H2,1-2H3,(H,31,32);3-6,9,12-14,20H,7-8,10-11H2,1-2H3,(H,27,28);2-3,6,10,12,19,30H,4-5,7-9,11H2,1H3,(H,27,28);2-3,5,7-8,11,18H,4,6,9-10H2,1H3,(H,25,26)(H,28,29)/t11?,13?,21-;12?,13-,14+,20-;19-;11-,18+/m1011/s1. The highest BCUT2D eigenvalue weighted by Gasteiger charge is 2.50. The summed E-state index contributed by atoms with van der Waals surface area (Å²) in [5.74, 6) is -13.6. The number of piperidine rings is 1. The molecule has 17 rings (SSSR count). The molecule has 0 radical (unpaired) electrons. The number of aliphatic hydroxyl groups excluding tert-OH is 1. The quantitative estimate of drug-likeness (QED) is 0.0121. The average Bonchev–Trinajstić information content (AvgIpc) is 1.47. The van der Waals surface area contributed by atoms with Crippen molar-refractivity contribution in [2.24, 2.45) is 55.5 Å². The smallest absolute Gasteiger partial charge is 0.338 e. The Hall–Kier alpha value is -10.7. The number of esters is 4. The van der Waals surface area contributed by atoms with E-state index in [1.807, 2.05) is 5.38 Å². The minimum atomic E-state index is -4.04. The fraction of sp³-hybridized carbons (Fsp3) is 0.389. The first kappa shape index (κ1) is 109. The van der Waals surface area contributed by atoms with Gasteiger partial charge in [-0.1, -0.05) is 70.7 Å². The lowest BCUT2D eigenvalue weighted by Crippen LogP contribution is -2.44. The summed E-state index contributed by atoms with van der Waals surface area (Å²) in [6.07, 6.45) is 12.0. The van der Waals surface area contributed by atoms with Crippen LogP contribution in [0.15, 0.2) is 173 Å². The van der Waals surface area contributed by atoms with Crippen LogP contribution < -0.4 is 26.0 Å². The van der Waals surface area contributed by atoms with Gasteiger partial charge in [-0.15, -0.1) is 34.0 Å². The van der Waals surface area contributed by atoms with E-state index in [2.05, 4.69) is 60.9 Å². The number of aliphatic carboxylic acids is 1. The number of hydrogen-bond acceptors (Lipinski definition) is 33. The summed E-state index contributed by atoms with van der Waals surface area (Å²) in [7, 11) is -9.50. The molecule has 0 bridgehead atoms. The Bertz CT molecular complexity index is 7050. The fourth-order valence-electron chi connectivity index (χ4n) is 18.5. The zero-order valence-electron chi connectivity index (χ0n) is 76.6. The molecule has 8 aromatic rings. The van der Waals surface area contributed by atoms with Gasteiger partial charge in [0.15, 0.2) is 73.2 Å². The van der Waals surface area contributed by atoms with Crippen molar-refractivity contribution in [3.05, 3.63) is 262 Å². The molecule has 4 aromatic carbocycles. The van der Waals surface area contributed by atoms with Crippen molar-refractivity contribution in [3.63, 3.8) is 0 Å². The van der Waals surface area contributed by atoms with E-state index in [0.717, 1.165) is 48.1 Å². The largest absolute Gasteiger partial charge is 0.480 e. The number of halogens is 12. The van der Waals surface area contributed by atoms with Crippen LogP contribution in [0.1, 0.15) is 125 Å². The van der Waals surface area contributed by atoms with Crippen LogP contribution in [0.5, 0.6) is 0 Å². The number of rotatable bonds is 25. The van der Waals surface area contributed by atoms with Crippen molar-refractivity contribution in [3.8, 4) is 0 Å². The first-order chi connectivity index (χ1) is 68.3. The number of thiazole rings is 3. The number of carbonyl (C=O) groups is 5. The molecule has 5 fully saturated rings. The van der Waals surface area contributed by atoms with E-state index in [4.69, 9.17) is 80.6 Å². The lowest BCUT2D eigenvalue weighted by molar-refractivity contribution is -0.137. The van der Waals surface area contributed by atoms with Crippen molar-refractivity contribution >= 4 is 174 Å². The molecule has 9 aliphatic rings. The number of methoxy groups -OCH3 is 4. The predicted molar refractivity (Wildman–Crippen MR) is 518 cm³/mol. The summed E-state index contributed by atoms with van der Waals surface area (Å²) in [6.45, 7) is 0.841. The van der Waals surface area contributed by atoms with Gasteiger partial charge in [0, 0.05) is 159 Å². The molecule has 4 aromatic heterocycles. The Labute approximate surface area is 852 Å². The zero-order valence-corrected chi connectivity index (χ0v) is 85.4. The van der Waals surface area contributed by atoms with Gasteiger partial charge in [0.2, 0.25) is 40.1 Å². The second kappa shape index (κ2) is 46.2. The number of pyridine rings is 1. The highest BCUT2D eigenvalue weighted by Crippen LogP contribution is 2.51. The molecular formula is C90H90Cl4F8N16O19S7. The van der Waals surface area contributed by atoms with Crippen molar-refractivity contribution in [1.29, 1.82) is 0 Å². The number of nitrogens with one attached hydrogen (secondary N) is 5. The summed E-state index contributed by atoms with van der Waals surface area (Å²) in [4.78, 5) is 98.2. The maximum absolute atomic E-state index is 14.7. The summed E-state index contributed by atoms with van der Waals surface area (Å²) in [6, 6.07) is 7.94. The molecule has 54 heteroatoms. The molecule has 770 valence electrons. The highest BCUT2D eigenvalue weighted by molar-refractivity contribution is 7.90. The Kier molecular flexibility index (Phi) is 34.9. The van der Waals surface area contributed by atoms with E-state index in [9.17, 15) is 92.8 Å². The van der Waals surface area contributed by atoms with E-state index < -0.39 is 169 Å². The molecule has 7 aliphatic heterocycles. The normalized spacial score (nSPS) is 22.4. The van der Waals surface area contributed by atoms with Gasteiger partial charge in [0.25, 0.3) is 0 Å². The van der Waals surface area contributed by atoms with E-state index in [1.54, 1.807) is 29.4 Å². The van der Waals surface area contributed by atoms with Gasteiger partial charge in [0.1, 0.15) is 47.3 Å². The van der Waals surface area contributed by atoms with Gasteiger partial charge in [-0.25, -0.2) is 126 Å². The van der Waals surface area contributed by atoms with Crippen molar-refractivity contribution in [2.45, 2.75) is 88.0 Å². The molecule has 8 atom stereocenters. The molecule has 1 unspecified atom stereocenters. The number of nitrogens with zero attached hydrogens (tertiary/aromatic N) is 11. The van der Waals surface area contributed by atoms with Crippen LogP contribution in [-0.2, 0) is 83.0 Å². The number of sulfonamides is 4. The third-order valence-corrected chi connectivity index (χ3v) is 34.4. The first-order valence-electron chi connectivity index (χ1n) is 43.9. The number of benzene rings is 4. The number of hydrogen-bond donors (Lipinski definition) is 7. The van der Waals surface area contributed by atoms with Crippen molar-refractivity contribution in [1.82, 2.24) is 58.8 Å². The Morgan fingerprint density at radius 1 is 0.451 bits per heavy atom. The van der Waals surface area contributed by atoms with Gasteiger partial charge in [0.05, 0.1) is 91.8 Å². The van der Waals surface area contributed by atoms with Crippen LogP contribution in [0.4, 0.5) is 35.1 Å².